The van der Waals surface area contributed by atoms with Crippen LogP contribution in [0.15, 0.2) is 60.7 Å². The first kappa shape index (κ1) is 26.7. The number of carboxylic acids is 2. The van der Waals surface area contributed by atoms with Crippen molar-refractivity contribution >= 4 is 35.1 Å². The SMILES string of the molecule is Clc1ccc(Cl)c(OC(CCCN2CCNCC2)c2ccccc2)c1.O=C(O)C=CC(=O)O. The predicted molar refractivity (Wildman–Crippen MR) is 129 cm³/mol. The molecule has 178 valence electrons. The first-order valence-electron chi connectivity index (χ1n) is 10.6. The summed E-state index contributed by atoms with van der Waals surface area (Å²) >= 11 is 12.4. The molecular formula is C24H28Cl2N2O5. The molecule has 1 aliphatic heterocycles. The Balaban J connectivity index is 0.000000414. The first-order valence-corrected chi connectivity index (χ1v) is 11.3. The number of nitrogens with zero attached hydrogens (tertiary/aromatic N) is 1. The van der Waals surface area contributed by atoms with Crippen molar-refractivity contribution in [1.29, 1.82) is 0 Å². The van der Waals surface area contributed by atoms with Gasteiger partial charge in [0.2, 0.25) is 0 Å². The van der Waals surface area contributed by atoms with E-state index in [1.165, 1.54) is 5.56 Å². The molecular weight excluding hydrogens is 467 g/mol. The van der Waals surface area contributed by atoms with Gasteiger partial charge in [-0.1, -0.05) is 53.5 Å². The second-order valence-electron chi connectivity index (χ2n) is 7.34. The summed E-state index contributed by atoms with van der Waals surface area (Å²) in [5, 5.41) is 20.2. The second kappa shape index (κ2) is 14.5. The molecule has 2 aromatic carbocycles. The molecule has 0 bridgehead atoms. The van der Waals surface area contributed by atoms with Crippen molar-refractivity contribution in [3.05, 3.63) is 76.3 Å². The van der Waals surface area contributed by atoms with Crippen molar-refractivity contribution < 1.29 is 24.5 Å². The summed E-state index contributed by atoms with van der Waals surface area (Å²) in [6, 6.07) is 15.7. The highest BCUT2D eigenvalue weighted by Gasteiger charge is 2.17. The number of aliphatic carboxylic acids is 2. The number of halogens is 2. The van der Waals surface area contributed by atoms with E-state index in [0.29, 0.717) is 27.9 Å². The van der Waals surface area contributed by atoms with Crippen molar-refractivity contribution in [2.45, 2.75) is 18.9 Å². The Labute approximate surface area is 203 Å². The van der Waals surface area contributed by atoms with Gasteiger partial charge in [0.05, 0.1) is 5.02 Å². The maximum Gasteiger partial charge on any atom is 0.328 e. The van der Waals surface area contributed by atoms with Crippen molar-refractivity contribution in [1.82, 2.24) is 10.2 Å². The van der Waals surface area contributed by atoms with Crippen LogP contribution in [0.25, 0.3) is 0 Å². The molecule has 0 aliphatic carbocycles. The van der Waals surface area contributed by atoms with Crippen LogP contribution < -0.4 is 10.1 Å². The number of ether oxygens (including phenoxy) is 1. The van der Waals surface area contributed by atoms with E-state index in [0.717, 1.165) is 45.6 Å². The average Bonchev–Trinajstić information content (AvgIpc) is 2.81. The smallest absolute Gasteiger partial charge is 0.328 e. The summed E-state index contributed by atoms with van der Waals surface area (Å²) in [6.07, 6.45) is 3.11. The van der Waals surface area contributed by atoms with Gasteiger partial charge in [0, 0.05) is 49.4 Å². The number of benzene rings is 2. The molecule has 1 fully saturated rings. The van der Waals surface area contributed by atoms with E-state index < -0.39 is 11.9 Å². The van der Waals surface area contributed by atoms with Gasteiger partial charge in [-0.25, -0.2) is 9.59 Å². The highest BCUT2D eigenvalue weighted by atomic mass is 35.5. The second-order valence-corrected chi connectivity index (χ2v) is 8.18. The lowest BCUT2D eigenvalue weighted by molar-refractivity contribution is -0.134. The predicted octanol–water partition coefficient (Wildman–Crippen LogP) is 4.51. The fourth-order valence-electron chi connectivity index (χ4n) is 3.26. The highest BCUT2D eigenvalue weighted by molar-refractivity contribution is 6.34. The number of hydrogen-bond acceptors (Lipinski definition) is 5. The van der Waals surface area contributed by atoms with Crippen LogP contribution in [-0.2, 0) is 9.59 Å². The summed E-state index contributed by atoms with van der Waals surface area (Å²) in [6.45, 7) is 5.50. The van der Waals surface area contributed by atoms with Gasteiger partial charge >= 0.3 is 11.9 Å². The number of piperazine rings is 1. The Hall–Kier alpha value is -2.58. The van der Waals surface area contributed by atoms with Crippen molar-refractivity contribution in [2.75, 3.05) is 32.7 Å². The van der Waals surface area contributed by atoms with E-state index in [9.17, 15) is 9.59 Å². The van der Waals surface area contributed by atoms with Crippen molar-refractivity contribution in [3.8, 4) is 5.75 Å². The number of carbonyl (C=O) groups is 2. The normalized spacial score (nSPS) is 14.8. The molecule has 0 spiro atoms. The lowest BCUT2D eigenvalue weighted by atomic mass is 10.0. The third kappa shape index (κ3) is 10.7. The van der Waals surface area contributed by atoms with Gasteiger partial charge in [-0.05, 0) is 37.1 Å². The van der Waals surface area contributed by atoms with Crippen LogP contribution in [0.3, 0.4) is 0 Å². The molecule has 1 unspecified atom stereocenters. The molecule has 33 heavy (non-hydrogen) atoms. The van der Waals surface area contributed by atoms with E-state index in [2.05, 4.69) is 22.3 Å². The largest absolute Gasteiger partial charge is 0.484 e. The third-order valence-electron chi connectivity index (χ3n) is 4.85. The molecule has 7 nitrogen and oxygen atoms in total. The van der Waals surface area contributed by atoms with E-state index in [1.54, 1.807) is 18.2 Å². The number of carboxylic acid groups (broad SMARTS) is 2. The maximum absolute atomic E-state index is 9.55. The lowest BCUT2D eigenvalue weighted by Crippen LogP contribution is -2.43. The topological polar surface area (TPSA) is 99.1 Å². The highest BCUT2D eigenvalue weighted by Crippen LogP contribution is 2.33. The monoisotopic (exact) mass is 494 g/mol. The molecule has 2 aromatic rings. The Morgan fingerprint density at radius 1 is 1.03 bits per heavy atom. The maximum atomic E-state index is 9.55. The molecule has 1 heterocycles. The van der Waals surface area contributed by atoms with Crippen molar-refractivity contribution in [2.24, 2.45) is 0 Å². The number of rotatable bonds is 9. The summed E-state index contributed by atoms with van der Waals surface area (Å²) in [7, 11) is 0. The summed E-state index contributed by atoms with van der Waals surface area (Å²) in [4.78, 5) is 21.6. The van der Waals surface area contributed by atoms with E-state index in [4.69, 9.17) is 38.2 Å². The zero-order chi connectivity index (χ0) is 24.1. The molecule has 0 aromatic heterocycles. The molecule has 3 N–H and O–H groups in total. The van der Waals surface area contributed by atoms with Crippen LogP contribution >= 0.6 is 23.2 Å². The van der Waals surface area contributed by atoms with E-state index in [1.807, 2.05) is 18.2 Å². The van der Waals surface area contributed by atoms with Crippen LogP contribution in [0.2, 0.25) is 10.0 Å². The Bertz CT molecular complexity index is 902. The Kier molecular flexibility index (Phi) is 11.8. The Morgan fingerprint density at radius 3 is 2.27 bits per heavy atom. The number of hydrogen-bond donors (Lipinski definition) is 3. The zero-order valence-corrected chi connectivity index (χ0v) is 19.6. The van der Waals surface area contributed by atoms with Gasteiger partial charge in [-0.2, -0.15) is 0 Å². The summed E-state index contributed by atoms with van der Waals surface area (Å²) in [5.74, 6) is -1.87. The van der Waals surface area contributed by atoms with Crippen molar-refractivity contribution in [3.63, 3.8) is 0 Å². The van der Waals surface area contributed by atoms with Crippen LogP contribution in [0.4, 0.5) is 0 Å². The lowest BCUT2D eigenvalue weighted by Gasteiger charge is -2.28. The Morgan fingerprint density at radius 2 is 1.67 bits per heavy atom. The minimum Gasteiger partial charge on any atom is -0.484 e. The van der Waals surface area contributed by atoms with Gasteiger partial charge in [0.1, 0.15) is 11.9 Å². The molecule has 0 saturated carbocycles. The van der Waals surface area contributed by atoms with E-state index in [-0.39, 0.29) is 6.10 Å². The van der Waals surface area contributed by atoms with Crippen LogP contribution in [-0.4, -0.2) is 59.8 Å². The standard InChI is InChI=1S/C20H24Cl2N2O.C4H4O4/c21-17-8-9-18(22)20(15-17)25-19(16-5-2-1-3-6-16)7-4-12-24-13-10-23-11-14-24;5-3(6)1-2-4(7)8/h1-3,5-6,8-9,15,19,23H,4,7,10-14H2;1-2H,(H,5,6)(H,7,8). The summed E-state index contributed by atoms with van der Waals surface area (Å²) in [5.41, 5.74) is 1.17. The van der Waals surface area contributed by atoms with Gasteiger partial charge in [0.25, 0.3) is 0 Å². The quantitative estimate of drug-likeness (QED) is 0.441. The molecule has 1 saturated heterocycles. The summed E-state index contributed by atoms with van der Waals surface area (Å²) < 4.78 is 6.25. The molecule has 0 amide bonds. The molecule has 0 radical (unpaired) electrons. The zero-order valence-electron chi connectivity index (χ0n) is 18.1. The van der Waals surface area contributed by atoms with Crippen LogP contribution in [0, 0.1) is 0 Å². The van der Waals surface area contributed by atoms with Crippen LogP contribution in [0.1, 0.15) is 24.5 Å². The number of nitrogens with one attached hydrogen (secondary N) is 1. The van der Waals surface area contributed by atoms with Gasteiger partial charge < -0.3 is 25.2 Å². The average molecular weight is 495 g/mol. The van der Waals surface area contributed by atoms with Gasteiger partial charge in [-0.15, -0.1) is 0 Å². The first-order chi connectivity index (χ1) is 15.8. The fraction of sp³-hybridized carbons (Fsp3) is 0.333. The fourth-order valence-corrected chi connectivity index (χ4v) is 3.58. The molecule has 3 rings (SSSR count). The third-order valence-corrected chi connectivity index (χ3v) is 5.40. The van der Waals surface area contributed by atoms with Crippen LogP contribution in [0.5, 0.6) is 5.75 Å². The minimum atomic E-state index is -1.26. The van der Waals surface area contributed by atoms with E-state index >= 15 is 0 Å². The van der Waals surface area contributed by atoms with Gasteiger partial charge in [-0.3, -0.25) is 0 Å². The minimum absolute atomic E-state index is 0.0277. The van der Waals surface area contributed by atoms with Gasteiger partial charge in [0.15, 0.2) is 0 Å². The molecule has 1 aliphatic rings. The molecule has 9 heteroatoms. The molecule has 1 atom stereocenters.